The Kier molecular flexibility index (Phi) is 5.11. The summed E-state index contributed by atoms with van der Waals surface area (Å²) in [5.74, 6) is 0.831. The minimum Gasteiger partial charge on any atom is -0.479 e. The van der Waals surface area contributed by atoms with E-state index in [1.165, 1.54) is 42.0 Å². The number of allylic oxidation sites excluding steroid dienone is 4. The summed E-state index contributed by atoms with van der Waals surface area (Å²) >= 11 is 0. The van der Waals surface area contributed by atoms with Gasteiger partial charge in [-0.2, -0.15) is 0 Å². The molecule has 2 unspecified atom stereocenters. The van der Waals surface area contributed by atoms with Crippen LogP contribution in [0, 0.1) is 17.2 Å². The van der Waals surface area contributed by atoms with Crippen molar-refractivity contribution in [3.05, 3.63) is 77.4 Å². The maximum atomic E-state index is 11.2. The van der Waals surface area contributed by atoms with Crippen molar-refractivity contribution in [2.24, 2.45) is 11.8 Å². The molecular formula is C24H24N2O2. The second-order valence-corrected chi connectivity index (χ2v) is 7.42. The molecule has 0 fully saturated rings. The van der Waals surface area contributed by atoms with Gasteiger partial charge in [0.15, 0.2) is 6.40 Å². The van der Waals surface area contributed by atoms with E-state index in [-0.39, 0.29) is 5.91 Å². The summed E-state index contributed by atoms with van der Waals surface area (Å²) in [6.07, 6.45) is 8.18. The molecule has 4 nitrogen and oxygen atoms in total. The number of hydrogen-bond acceptors (Lipinski definition) is 3. The SMILES string of the molecule is CC(=O)Nc1ccc(C2=CC3CCC2C=C3c2ccc(COC=N)cc2)cc1. The number of hydrogen-bond donors (Lipinski definition) is 2. The van der Waals surface area contributed by atoms with Gasteiger partial charge in [-0.3, -0.25) is 10.2 Å². The molecule has 0 aromatic heterocycles. The molecule has 2 aromatic rings. The summed E-state index contributed by atoms with van der Waals surface area (Å²) in [7, 11) is 0. The van der Waals surface area contributed by atoms with Crippen LogP contribution in [-0.2, 0) is 16.1 Å². The van der Waals surface area contributed by atoms with Crippen LogP contribution in [0.3, 0.4) is 0 Å². The molecule has 3 aliphatic carbocycles. The number of carbonyl (C=O) groups is 1. The Morgan fingerprint density at radius 2 is 1.54 bits per heavy atom. The van der Waals surface area contributed by atoms with E-state index < -0.39 is 0 Å². The average Bonchev–Trinajstić information content (AvgIpc) is 2.73. The molecule has 1 amide bonds. The van der Waals surface area contributed by atoms with Crippen LogP contribution in [-0.4, -0.2) is 12.3 Å². The highest BCUT2D eigenvalue weighted by Gasteiger charge is 2.31. The fourth-order valence-corrected chi connectivity index (χ4v) is 4.20. The van der Waals surface area contributed by atoms with E-state index >= 15 is 0 Å². The van der Waals surface area contributed by atoms with Crippen molar-refractivity contribution in [3.8, 4) is 0 Å². The van der Waals surface area contributed by atoms with Crippen molar-refractivity contribution < 1.29 is 9.53 Å². The maximum absolute atomic E-state index is 11.2. The number of fused-ring (bicyclic) bond motifs is 1. The molecule has 28 heavy (non-hydrogen) atoms. The third-order valence-electron chi connectivity index (χ3n) is 5.51. The molecular weight excluding hydrogens is 348 g/mol. The molecule has 2 bridgehead atoms. The lowest BCUT2D eigenvalue weighted by atomic mass is 9.69. The highest BCUT2D eigenvalue weighted by Crippen LogP contribution is 2.47. The number of amides is 1. The van der Waals surface area contributed by atoms with Crippen LogP contribution in [0.25, 0.3) is 11.1 Å². The fourth-order valence-electron chi connectivity index (χ4n) is 4.20. The minimum atomic E-state index is -0.0494. The number of ether oxygens (including phenoxy) is 1. The van der Waals surface area contributed by atoms with Gasteiger partial charge in [0.1, 0.15) is 6.61 Å². The molecule has 0 heterocycles. The van der Waals surface area contributed by atoms with Crippen molar-refractivity contribution in [2.75, 3.05) is 5.32 Å². The van der Waals surface area contributed by atoms with E-state index in [1.54, 1.807) is 0 Å². The quantitative estimate of drug-likeness (QED) is 0.535. The first-order chi connectivity index (χ1) is 13.6. The zero-order chi connectivity index (χ0) is 19.5. The number of nitrogens with one attached hydrogen (secondary N) is 2. The van der Waals surface area contributed by atoms with Crippen molar-refractivity contribution in [3.63, 3.8) is 0 Å². The second-order valence-electron chi connectivity index (χ2n) is 7.42. The van der Waals surface area contributed by atoms with Gasteiger partial charge in [0.2, 0.25) is 5.91 Å². The van der Waals surface area contributed by atoms with E-state index in [9.17, 15) is 4.79 Å². The van der Waals surface area contributed by atoms with Crippen LogP contribution in [0.2, 0.25) is 0 Å². The molecule has 2 N–H and O–H groups in total. The van der Waals surface area contributed by atoms with Crippen molar-refractivity contribution in [1.29, 1.82) is 5.41 Å². The van der Waals surface area contributed by atoms with Gasteiger partial charge in [-0.05, 0) is 52.8 Å². The smallest absolute Gasteiger partial charge is 0.221 e. The Bertz CT molecular complexity index is 940. The number of carbonyl (C=O) groups excluding carboxylic acids is 1. The zero-order valence-corrected chi connectivity index (χ0v) is 15.9. The lowest BCUT2D eigenvalue weighted by Gasteiger charge is -2.35. The normalized spacial score (nSPS) is 20.2. The molecule has 2 atom stereocenters. The first-order valence-electron chi connectivity index (χ1n) is 9.65. The topological polar surface area (TPSA) is 62.2 Å². The predicted octanol–water partition coefficient (Wildman–Crippen LogP) is 5.28. The van der Waals surface area contributed by atoms with Gasteiger partial charge in [0, 0.05) is 24.4 Å². The molecule has 0 aliphatic heterocycles. The lowest BCUT2D eigenvalue weighted by Crippen LogP contribution is -2.20. The van der Waals surface area contributed by atoms with Gasteiger partial charge in [0.25, 0.3) is 0 Å². The molecule has 4 heteroatoms. The summed E-state index contributed by atoms with van der Waals surface area (Å²) in [6, 6.07) is 16.6. The van der Waals surface area contributed by atoms with Gasteiger partial charge in [-0.1, -0.05) is 48.6 Å². The predicted molar refractivity (Wildman–Crippen MR) is 113 cm³/mol. The summed E-state index contributed by atoms with van der Waals surface area (Å²) in [5.41, 5.74) is 7.22. The van der Waals surface area contributed by atoms with Crippen molar-refractivity contribution in [1.82, 2.24) is 0 Å². The van der Waals surface area contributed by atoms with Gasteiger partial charge in [-0.25, -0.2) is 0 Å². The van der Waals surface area contributed by atoms with E-state index in [0.717, 1.165) is 17.7 Å². The summed E-state index contributed by atoms with van der Waals surface area (Å²) in [6.45, 7) is 1.96. The van der Waals surface area contributed by atoms with Crippen molar-refractivity contribution in [2.45, 2.75) is 26.4 Å². The van der Waals surface area contributed by atoms with Crippen LogP contribution in [0.4, 0.5) is 5.69 Å². The highest BCUT2D eigenvalue weighted by molar-refractivity contribution is 5.89. The van der Waals surface area contributed by atoms with E-state index in [2.05, 4.69) is 53.9 Å². The average molecular weight is 372 g/mol. The van der Waals surface area contributed by atoms with E-state index in [1.807, 2.05) is 12.1 Å². The Morgan fingerprint density at radius 1 is 1.00 bits per heavy atom. The van der Waals surface area contributed by atoms with Gasteiger partial charge in [0.05, 0.1) is 0 Å². The number of benzene rings is 2. The fraction of sp³-hybridized carbons (Fsp3) is 0.250. The standard InChI is InChI=1S/C24H24N2O2/c1-16(27)26-22-10-8-19(9-11-22)24-13-20-6-7-21(24)12-23(20)18-4-2-17(3-5-18)14-28-15-25/h2-5,8-13,15,20-21,25H,6-7,14H2,1H3,(H,26,27). The molecule has 5 rings (SSSR count). The number of anilines is 1. The monoisotopic (exact) mass is 372 g/mol. The Morgan fingerprint density at radius 3 is 2.00 bits per heavy atom. The van der Waals surface area contributed by atoms with Crippen molar-refractivity contribution >= 4 is 29.1 Å². The maximum Gasteiger partial charge on any atom is 0.221 e. The summed E-state index contributed by atoms with van der Waals surface area (Å²) in [4.78, 5) is 11.2. The third kappa shape index (κ3) is 3.77. The Hall–Kier alpha value is -3.14. The van der Waals surface area contributed by atoms with Crippen LogP contribution in [0.15, 0.2) is 60.7 Å². The summed E-state index contributed by atoms with van der Waals surface area (Å²) in [5, 5.41) is 9.78. The van der Waals surface area contributed by atoms with Gasteiger partial charge in [-0.15, -0.1) is 0 Å². The largest absolute Gasteiger partial charge is 0.479 e. The van der Waals surface area contributed by atoms with E-state index in [4.69, 9.17) is 10.1 Å². The van der Waals surface area contributed by atoms with Crippen LogP contribution >= 0.6 is 0 Å². The van der Waals surface area contributed by atoms with Crippen LogP contribution in [0.1, 0.15) is 36.5 Å². The van der Waals surface area contributed by atoms with Crippen LogP contribution in [0.5, 0.6) is 0 Å². The molecule has 142 valence electrons. The molecule has 2 aromatic carbocycles. The second kappa shape index (κ2) is 7.85. The summed E-state index contributed by atoms with van der Waals surface area (Å²) < 4.78 is 5.04. The Labute approximate surface area is 165 Å². The lowest BCUT2D eigenvalue weighted by molar-refractivity contribution is -0.114. The van der Waals surface area contributed by atoms with Gasteiger partial charge < -0.3 is 10.1 Å². The third-order valence-corrected chi connectivity index (χ3v) is 5.51. The first kappa shape index (κ1) is 18.2. The minimum absolute atomic E-state index is 0.0494. The zero-order valence-electron chi connectivity index (χ0n) is 15.9. The van der Waals surface area contributed by atoms with Gasteiger partial charge >= 0.3 is 0 Å². The van der Waals surface area contributed by atoms with Crippen LogP contribution < -0.4 is 5.32 Å². The molecule has 0 spiro atoms. The Balaban J connectivity index is 1.52. The van der Waals surface area contributed by atoms with E-state index in [0.29, 0.717) is 18.4 Å². The highest BCUT2D eigenvalue weighted by atomic mass is 16.5. The molecule has 0 saturated heterocycles. The molecule has 0 radical (unpaired) electrons. The first-order valence-corrected chi connectivity index (χ1v) is 9.65. The molecule has 3 aliphatic rings. The number of rotatable bonds is 6. The molecule has 0 saturated carbocycles.